The summed E-state index contributed by atoms with van der Waals surface area (Å²) >= 11 is 0. The van der Waals surface area contributed by atoms with Crippen LogP contribution in [-0.2, 0) is 33.0 Å². The van der Waals surface area contributed by atoms with E-state index in [2.05, 4.69) is 38.7 Å². The first-order valence-corrected chi connectivity index (χ1v) is 14.2. The van der Waals surface area contributed by atoms with Crippen LogP contribution in [0.1, 0.15) is 65.7 Å². The van der Waals surface area contributed by atoms with E-state index in [0.717, 1.165) is 31.5 Å². The number of pyridine rings is 2. The van der Waals surface area contributed by atoms with Gasteiger partial charge in [-0.3, -0.25) is 14.5 Å². The highest BCUT2D eigenvalue weighted by Crippen LogP contribution is 2.40. The van der Waals surface area contributed by atoms with Crippen LogP contribution < -0.4 is 15.8 Å². The predicted molar refractivity (Wildman–Crippen MR) is 155 cm³/mol. The molecule has 1 amide bonds. The van der Waals surface area contributed by atoms with Gasteiger partial charge >= 0.3 is 0 Å². The molecule has 5 heterocycles. The van der Waals surface area contributed by atoms with Crippen molar-refractivity contribution in [2.45, 2.75) is 58.6 Å². The molecule has 7 rings (SSSR count). The molecule has 4 aromatic heterocycles. The summed E-state index contributed by atoms with van der Waals surface area (Å²) in [6, 6.07) is 7.35. The summed E-state index contributed by atoms with van der Waals surface area (Å²) in [5.41, 5.74) is 5.52. The summed E-state index contributed by atoms with van der Waals surface area (Å²) in [4.78, 5) is 42.0. The van der Waals surface area contributed by atoms with Crippen molar-refractivity contribution in [3.63, 3.8) is 0 Å². The van der Waals surface area contributed by atoms with Crippen molar-refractivity contribution in [3.05, 3.63) is 81.5 Å². The van der Waals surface area contributed by atoms with Crippen molar-refractivity contribution in [1.82, 2.24) is 24.1 Å². The molecule has 1 saturated carbocycles. The highest BCUT2D eigenvalue weighted by Gasteiger charge is 2.37. The fourth-order valence-electron chi connectivity index (χ4n) is 6.32. The summed E-state index contributed by atoms with van der Waals surface area (Å²) < 4.78 is 3.67. The van der Waals surface area contributed by atoms with E-state index in [0.29, 0.717) is 58.7 Å². The SMILES string of the molecule is Cn1cc(-c2ccnc(N3CCn4c(cc5c4CC(C)(C)C5)C3=O)c2CO)cc(Nc2ccnc(C3CC3)n2)c1=O. The lowest BCUT2D eigenvalue weighted by molar-refractivity contribution is 0.0962. The minimum atomic E-state index is -0.309. The van der Waals surface area contributed by atoms with Crippen LogP contribution in [0.2, 0.25) is 0 Å². The number of aliphatic hydroxyl groups excluding tert-OH is 1. The molecule has 0 saturated heterocycles. The van der Waals surface area contributed by atoms with Crippen molar-refractivity contribution in [2.75, 3.05) is 16.8 Å². The number of amides is 1. The highest BCUT2D eigenvalue weighted by molar-refractivity contribution is 6.06. The summed E-state index contributed by atoms with van der Waals surface area (Å²) in [6.45, 7) is 5.36. The largest absolute Gasteiger partial charge is 0.392 e. The molecule has 3 aliphatic rings. The number of fused-ring (bicyclic) bond motifs is 3. The Morgan fingerprint density at radius 3 is 2.66 bits per heavy atom. The maximum Gasteiger partial charge on any atom is 0.276 e. The molecule has 10 nitrogen and oxygen atoms in total. The summed E-state index contributed by atoms with van der Waals surface area (Å²) in [7, 11) is 1.69. The van der Waals surface area contributed by atoms with Gasteiger partial charge in [-0.05, 0) is 66.5 Å². The fraction of sp³-hybridized carbons (Fsp3) is 0.387. The first-order valence-electron chi connectivity index (χ1n) is 14.2. The van der Waals surface area contributed by atoms with Crippen LogP contribution in [0.15, 0.2) is 47.7 Å². The molecule has 2 aliphatic carbocycles. The Hall–Kier alpha value is -4.31. The Labute approximate surface area is 237 Å². The van der Waals surface area contributed by atoms with Crippen LogP contribution in [0.25, 0.3) is 11.1 Å². The van der Waals surface area contributed by atoms with Crippen LogP contribution in [0.5, 0.6) is 0 Å². The first-order chi connectivity index (χ1) is 19.7. The molecule has 0 bridgehead atoms. The van der Waals surface area contributed by atoms with Crippen molar-refractivity contribution in [2.24, 2.45) is 12.5 Å². The summed E-state index contributed by atoms with van der Waals surface area (Å²) in [6.07, 6.45) is 9.19. The van der Waals surface area contributed by atoms with Gasteiger partial charge in [0.2, 0.25) is 0 Å². The molecule has 2 N–H and O–H groups in total. The minimum absolute atomic E-state index is 0.110. The van der Waals surface area contributed by atoms with Crippen LogP contribution >= 0.6 is 0 Å². The number of aryl methyl sites for hydroxylation is 1. The van der Waals surface area contributed by atoms with Gasteiger partial charge in [-0.1, -0.05) is 13.8 Å². The van der Waals surface area contributed by atoms with Gasteiger partial charge in [0.05, 0.1) is 6.61 Å². The molecule has 0 spiro atoms. The van der Waals surface area contributed by atoms with Crippen LogP contribution in [0.4, 0.5) is 17.3 Å². The molecular formula is C31H33N7O3. The molecular weight excluding hydrogens is 518 g/mol. The van der Waals surface area contributed by atoms with Gasteiger partial charge in [0, 0.05) is 61.5 Å². The molecule has 0 aromatic carbocycles. The number of aliphatic hydroxyl groups is 1. The number of anilines is 3. The van der Waals surface area contributed by atoms with E-state index >= 15 is 0 Å². The normalized spacial score (nSPS) is 17.5. The molecule has 0 atom stereocenters. The highest BCUT2D eigenvalue weighted by atomic mass is 16.3. The predicted octanol–water partition coefficient (Wildman–Crippen LogP) is 3.94. The number of hydrogen-bond acceptors (Lipinski definition) is 7. The number of carbonyl (C=O) groups excluding carboxylic acids is 1. The van der Waals surface area contributed by atoms with Gasteiger partial charge in [-0.2, -0.15) is 0 Å². The van der Waals surface area contributed by atoms with Gasteiger partial charge in [-0.25, -0.2) is 15.0 Å². The lowest BCUT2D eigenvalue weighted by Gasteiger charge is -2.31. The Balaban J connectivity index is 1.24. The molecule has 41 heavy (non-hydrogen) atoms. The molecule has 0 radical (unpaired) electrons. The van der Waals surface area contributed by atoms with Crippen molar-refractivity contribution < 1.29 is 9.90 Å². The lowest BCUT2D eigenvalue weighted by Crippen LogP contribution is -2.41. The summed E-state index contributed by atoms with van der Waals surface area (Å²) in [5.74, 6) is 2.07. The van der Waals surface area contributed by atoms with E-state index in [1.54, 1.807) is 42.7 Å². The minimum Gasteiger partial charge on any atom is -0.392 e. The second-order valence-corrected chi connectivity index (χ2v) is 12.2. The van der Waals surface area contributed by atoms with E-state index in [4.69, 9.17) is 0 Å². The lowest BCUT2D eigenvalue weighted by atomic mass is 9.90. The summed E-state index contributed by atoms with van der Waals surface area (Å²) in [5, 5.41) is 13.7. The van der Waals surface area contributed by atoms with E-state index < -0.39 is 0 Å². The smallest absolute Gasteiger partial charge is 0.276 e. The maximum atomic E-state index is 13.8. The van der Waals surface area contributed by atoms with Crippen LogP contribution in [-0.4, -0.2) is 41.6 Å². The first kappa shape index (κ1) is 25.6. The second kappa shape index (κ2) is 9.37. The Kier molecular flexibility index (Phi) is 5.86. The van der Waals surface area contributed by atoms with Crippen LogP contribution in [0, 0.1) is 5.41 Å². The molecule has 0 unspecified atom stereocenters. The van der Waals surface area contributed by atoms with E-state index in [9.17, 15) is 14.7 Å². The standard InChI is InChI=1S/C31H33N7O3/c1-31(2)14-19-13-24-30(41)38(11-10-37(24)25(19)15-31)28-22(17-39)21(6-8-33-28)20-12-23(29(40)36(3)16-20)34-26-7-9-32-27(35-26)18-4-5-18/h6-9,12-13,16,18,39H,4-5,10-11,14-15,17H2,1-3H3,(H,32,34,35). The number of carbonyl (C=O) groups is 1. The quantitative estimate of drug-likeness (QED) is 0.373. The van der Waals surface area contributed by atoms with E-state index in [1.807, 2.05) is 12.1 Å². The zero-order valence-electron chi connectivity index (χ0n) is 23.5. The van der Waals surface area contributed by atoms with Crippen molar-refractivity contribution in [3.8, 4) is 11.1 Å². The van der Waals surface area contributed by atoms with Crippen molar-refractivity contribution >= 4 is 23.2 Å². The van der Waals surface area contributed by atoms with Gasteiger partial charge in [0.15, 0.2) is 0 Å². The number of rotatable bonds is 6. The molecule has 1 fully saturated rings. The third kappa shape index (κ3) is 4.42. The third-order valence-corrected chi connectivity index (χ3v) is 8.45. The van der Waals surface area contributed by atoms with Gasteiger partial charge in [0.25, 0.3) is 11.5 Å². The number of hydrogen-bond donors (Lipinski definition) is 2. The zero-order valence-corrected chi connectivity index (χ0v) is 23.5. The van der Waals surface area contributed by atoms with Gasteiger partial charge in [-0.15, -0.1) is 0 Å². The zero-order chi connectivity index (χ0) is 28.5. The van der Waals surface area contributed by atoms with Gasteiger partial charge in [0.1, 0.15) is 28.8 Å². The number of nitrogens with zero attached hydrogens (tertiary/aromatic N) is 6. The van der Waals surface area contributed by atoms with E-state index in [-0.39, 0.29) is 23.5 Å². The van der Waals surface area contributed by atoms with Gasteiger partial charge < -0.3 is 19.6 Å². The van der Waals surface area contributed by atoms with E-state index in [1.165, 1.54) is 15.8 Å². The third-order valence-electron chi connectivity index (χ3n) is 8.45. The Morgan fingerprint density at radius 1 is 1.07 bits per heavy atom. The average Bonchev–Trinajstić information content (AvgIpc) is 3.69. The Morgan fingerprint density at radius 2 is 1.88 bits per heavy atom. The van der Waals surface area contributed by atoms with Crippen molar-refractivity contribution in [1.29, 1.82) is 0 Å². The topological polar surface area (TPSA) is 118 Å². The molecule has 10 heteroatoms. The monoisotopic (exact) mass is 551 g/mol. The fourth-order valence-corrected chi connectivity index (χ4v) is 6.32. The number of aromatic nitrogens is 5. The maximum absolute atomic E-state index is 13.8. The molecule has 1 aliphatic heterocycles. The second-order valence-electron chi connectivity index (χ2n) is 12.2. The molecule has 4 aromatic rings. The molecule has 210 valence electrons. The van der Waals surface area contributed by atoms with Crippen LogP contribution in [0.3, 0.4) is 0 Å². The average molecular weight is 552 g/mol. The number of nitrogens with one attached hydrogen (secondary N) is 1. The Bertz CT molecular complexity index is 1770.